The fourth-order valence-electron chi connectivity index (χ4n) is 1.92. The van der Waals surface area contributed by atoms with Crippen LogP contribution < -0.4 is 0 Å². The molecule has 0 saturated carbocycles. The number of rotatable bonds is 4. The van der Waals surface area contributed by atoms with E-state index in [-0.39, 0.29) is 16.0 Å². The average Bonchev–Trinajstić information content (AvgIpc) is 3.00. The molecule has 2 rings (SSSR count). The lowest BCUT2D eigenvalue weighted by molar-refractivity contribution is 0.201. The average molecular weight is 307 g/mol. The lowest BCUT2D eigenvalue weighted by Gasteiger charge is -2.17. The van der Waals surface area contributed by atoms with E-state index in [1.807, 2.05) is 13.8 Å². The zero-order chi connectivity index (χ0) is 15.5. The van der Waals surface area contributed by atoms with E-state index in [1.165, 1.54) is 24.4 Å². The number of nitrogens with zero attached hydrogens (tertiary/aromatic N) is 3. The molecule has 1 amide bonds. The van der Waals surface area contributed by atoms with E-state index in [9.17, 15) is 13.2 Å². The minimum atomic E-state index is -3.69. The molecule has 6 nitrogen and oxygen atoms in total. The van der Waals surface area contributed by atoms with Crippen LogP contribution in [0.25, 0.3) is 0 Å². The van der Waals surface area contributed by atoms with Crippen molar-refractivity contribution in [2.24, 2.45) is 0 Å². The van der Waals surface area contributed by atoms with Crippen molar-refractivity contribution in [2.75, 3.05) is 13.1 Å². The molecule has 0 bridgehead atoms. The van der Waals surface area contributed by atoms with Gasteiger partial charge in [0.05, 0.1) is 4.90 Å². The first kappa shape index (κ1) is 15.2. The molecule has 1 aromatic heterocycles. The lowest BCUT2D eigenvalue weighted by Crippen LogP contribution is -2.34. The Bertz CT molecular complexity index is 719. The van der Waals surface area contributed by atoms with Crippen molar-refractivity contribution in [1.29, 1.82) is 0 Å². The highest BCUT2D eigenvalue weighted by molar-refractivity contribution is 7.91. The van der Waals surface area contributed by atoms with Crippen LogP contribution in [0, 0.1) is 0 Å². The molecule has 0 aliphatic rings. The highest BCUT2D eigenvalue weighted by Crippen LogP contribution is 2.18. The van der Waals surface area contributed by atoms with Gasteiger partial charge in [0.15, 0.2) is 5.03 Å². The second kappa shape index (κ2) is 6.09. The van der Waals surface area contributed by atoms with E-state index in [0.717, 1.165) is 4.68 Å². The first-order valence-electron chi connectivity index (χ1n) is 6.65. The van der Waals surface area contributed by atoms with Crippen molar-refractivity contribution in [3.8, 4) is 0 Å². The lowest BCUT2D eigenvalue weighted by atomic mass is 10.4. The molecular weight excluding hydrogens is 290 g/mol. The topological polar surface area (TPSA) is 72.3 Å². The Morgan fingerprint density at radius 3 is 2.33 bits per heavy atom. The van der Waals surface area contributed by atoms with E-state index in [1.54, 1.807) is 23.1 Å². The third-order valence-corrected chi connectivity index (χ3v) is 4.78. The Kier molecular flexibility index (Phi) is 4.42. The summed E-state index contributed by atoms with van der Waals surface area (Å²) in [7, 11) is -3.69. The molecular formula is C14H17N3O3S. The molecule has 7 heteroatoms. The molecule has 0 aliphatic heterocycles. The number of carbonyl (C=O) groups is 1. The van der Waals surface area contributed by atoms with Gasteiger partial charge in [-0.25, -0.2) is 13.2 Å². The number of amides is 1. The Labute approximate surface area is 123 Å². The van der Waals surface area contributed by atoms with Crippen molar-refractivity contribution < 1.29 is 13.2 Å². The maximum absolute atomic E-state index is 12.4. The number of benzene rings is 1. The van der Waals surface area contributed by atoms with E-state index >= 15 is 0 Å². The van der Waals surface area contributed by atoms with Gasteiger partial charge in [-0.2, -0.15) is 9.78 Å². The molecule has 0 unspecified atom stereocenters. The largest absolute Gasteiger partial charge is 0.344 e. The van der Waals surface area contributed by atoms with Crippen LogP contribution in [0.15, 0.2) is 52.5 Å². The maximum atomic E-state index is 12.4. The molecule has 0 saturated heterocycles. The highest BCUT2D eigenvalue weighted by Gasteiger charge is 2.22. The van der Waals surface area contributed by atoms with Crippen LogP contribution in [0.5, 0.6) is 0 Å². The Morgan fingerprint density at radius 2 is 1.76 bits per heavy atom. The van der Waals surface area contributed by atoms with E-state index in [4.69, 9.17) is 0 Å². The predicted molar refractivity (Wildman–Crippen MR) is 77.8 cm³/mol. The van der Waals surface area contributed by atoms with Gasteiger partial charge in [0.1, 0.15) is 0 Å². The summed E-state index contributed by atoms with van der Waals surface area (Å²) in [6.45, 7) is 4.78. The minimum Gasteiger partial charge on any atom is -0.323 e. The fraction of sp³-hybridized carbons (Fsp3) is 0.286. The molecule has 0 N–H and O–H groups in total. The van der Waals surface area contributed by atoms with Crippen LogP contribution in [0.1, 0.15) is 13.8 Å². The molecule has 0 aliphatic carbocycles. The zero-order valence-corrected chi connectivity index (χ0v) is 12.7. The number of sulfone groups is 1. The zero-order valence-electron chi connectivity index (χ0n) is 11.9. The first-order valence-corrected chi connectivity index (χ1v) is 8.14. The summed E-state index contributed by atoms with van der Waals surface area (Å²) in [4.78, 5) is 13.8. The molecule has 0 radical (unpaired) electrons. The number of carbonyl (C=O) groups excluding carboxylic acids is 1. The van der Waals surface area contributed by atoms with Crippen molar-refractivity contribution in [3.05, 3.63) is 42.6 Å². The molecule has 112 valence electrons. The van der Waals surface area contributed by atoms with Crippen LogP contribution in [-0.2, 0) is 9.84 Å². The van der Waals surface area contributed by atoms with Gasteiger partial charge in [-0.15, -0.1) is 0 Å². The van der Waals surface area contributed by atoms with E-state index in [0.29, 0.717) is 13.1 Å². The minimum absolute atomic E-state index is 0.130. The molecule has 0 spiro atoms. The van der Waals surface area contributed by atoms with Gasteiger partial charge in [0.2, 0.25) is 9.84 Å². The molecule has 2 aromatic rings. The van der Waals surface area contributed by atoms with E-state index in [2.05, 4.69) is 5.10 Å². The number of aromatic nitrogens is 2. The fourth-order valence-corrected chi connectivity index (χ4v) is 3.11. The van der Waals surface area contributed by atoms with Crippen molar-refractivity contribution in [3.63, 3.8) is 0 Å². The van der Waals surface area contributed by atoms with E-state index < -0.39 is 9.84 Å². The number of hydrogen-bond donors (Lipinski definition) is 0. The maximum Gasteiger partial charge on any atom is 0.344 e. The molecule has 1 heterocycles. The van der Waals surface area contributed by atoms with Gasteiger partial charge in [0, 0.05) is 19.3 Å². The third-order valence-electron chi connectivity index (χ3n) is 3.12. The van der Waals surface area contributed by atoms with Gasteiger partial charge >= 0.3 is 6.03 Å². The molecule has 1 aromatic carbocycles. The second-order valence-corrected chi connectivity index (χ2v) is 6.27. The Hall–Kier alpha value is -2.15. The smallest absolute Gasteiger partial charge is 0.323 e. The molecule has 0 fully saturated rings. The highest BCUT2D eigenvalue weighted by atomic mass is 32.2. The SMILES string of the molecule is CCN(CC)C(=O)n1ccc(S(=O)(=O)c2ccccc2)n1. The summed E-state index contributed by atoms with van der Waals surface area (Å²) in [6, 6.07) is 9.02. The third kappa shape index (κ3) is 2.97. The summed E-state index contributed by atoms with van der Waals surface area (Å²) in [5.74, 6) is 0. The van der Waals surface area contributed by atoms with Crippen molar-refractivity contribution >= 4 is 15.9 Å². The summed E-state index contributed by atoms with van der Waals surface area (Å²) in [5, 5.41) is 3.78. The second-order valence-electron chi connectivity index (χ2n) is 4.37. The van der Waals surface area contributed by atoms with Crippen LogP contribution in [0.3, 0.4) is 0 Å². The van der Waals surface area contributed by atoms with Gasteiger partial charge < -0.3 is 4.90 Å². The summed E-state index contributed by atoms with van der Waals surface area (Å²) in [5.41, 5.74) is 0. The predicted octanol–water partition coefficient (Wildman–Crippen LogP) is 2.03. The van der Waals surface area contributed by atoms with Crippen molar-refractivity contribution in [2.45, 2.75) is 23.8 Å². The summed E-state index contributed by atoms with van der Waals surface area (Å²) in [6.07, 6.45) is 1.37. The summed E-state index contributed by atoms with van der Waals surface area (Å²) >= 11 is 0. The Balaban J connectivity index is 2.34. The van der Waals surface area contributed by atoms with Gasteiger partial charge in [-0.1, -0.05) is 18.2 Å². The molecule has 0 atom stereocenters. The normalized spacial score (nSPS) is 11.3. The van der Waals surface area contributed by atoms with Crippen molar-refractivity contribution in [1.82, 2.24) is 14.7 Å². The van der Waals surface area contributed by atoms with Crippen LogP contribution in [-0.4, -0.2) is 42.2 Å². The van der Waals surface area contributed by atoms with Crippen LogP contribution in [0.2, 0.25) is 0 Å². The van der Waals surface area contributed by atoms with Gasteiger partial charge in [-0.05, 0) is 32.0 Å². The Morgan fingerprint density at radius 1 is 1.14 bits per heavy atom. The standard InChI is InChI=1S/C14H17N3O3S/c1-3-16(4-2)14(18)17-11-10-13(15-17)21(19,20)12-8-6-5-7-9-12/h5-11H,3-4H2,1-2H3. The number of hydrogen-bond acceptors (Lipinski definition) is 4. The monoisotopic (exact) mass is 307 g/mol. The first-order chi connectivity index (χ1) is 10.0. The summed E-state index contributed by atoms with van der Waals surface area (Å²) < 4.78 is 25.8. The van der Waals surface area contributed by atoms with Gasteiger partial charge in [-0.3, -0.25) is 0 Å². The van der Waals surface area contributed by atoms with Crippen LogP contribution in [0.4, 0.5) is 4.79 Å². The molecule has 21 heavy (non-hydrogen) atoms. The van der Waals surface area contributed by atoms with Gasteiger partial charge in [0.25, 0.3) is 0 Å². The quantitative estimate of drug-likeness (QED) is 0.866. The van der Waals surface area contributed by atoms with Crippen LogP contribution >= 0.6 is 0 Å².